The number of hydrogen-bond acceptors (Lipinski definition) is 4. The maximum absolute atomic E-state index is 9.73. The average Bonchev–Trinajstić information content (AvgIpc) is 2.49. The summed E-state index contributed by atoms with van der Waals surface area (Å²) in [5, 5.41) is 22.5. The molecule has 0 saturated heterocycles. The van der Waals surface area contributed by atoms with Crippen LogP contribution in [0.4, 0.5) is 0 Å². The quantitative estimate of drug-likeness (QED) is 0.755. The van der Waals surface area contributed by atoms with Crippen LogP contribution in [0, 0.1) is 0 Å². The van der Waals surface area contributed by atoms with Gasteiger partial charge in [0.15, 0.2) is 11.5 Å². The van der Waals surface area contributed by atoms with Gasteiger partial charge in [-0.25, -0.2) is 0 Å². The fraction of sp³-hybridized carbons (Fsp3) is 0.250. The topological polar surface area (TPSA) is 61.7 Å². The Morgan fingerprint density at radius 3 is 2.50 bits per heavy atom. The van der Waals surface area contributed by atoms with E-state index in [1.165, 1.54) is 7.11 Å². The summed E-state index contributed by atoms with van der Waals surface area (Å²) in [6.07, 6.45) is 0. The first-order valence-corrected chi connectivity index (χ1v) is 6.49. The molecule has 106 valence electrons. The van der Waals surface area contributed by atoms with Crippen molar-refractivity contribution in [3.8, 4) is 11.5 Å². The van der Waals surface area contributed by atoms with Gasteiger partial charge in [0.2, 0.25) is 0 Å². The van der Waals surface area contributed by atoms with Gasteiger partial charge in [0.1, 0.15) is 0 Å². The monoisotopic (exact) mass is 273 g/mol. The van der Waals surface area contributed by atoms with Crippen LogP contribution in [0.25, 0.3) is 0 Å². The molecule has 2 rings (SSSR count). The number of aliphatic hydroxyl groups excluding tert-OH is 1. The number of rotatable bonds is 6. The molecule has 0 aliphatic heterocycles. The third-order valence-electron chi connectivity index (χ3n) is 3.18. The van der Waals surface area contributed by atoms with Crippen molar-refractivity contribution in [3.05, 3.63) is 59.7 Å². The maximum Gasteiger partial charge on any atom is 0.160 e. The number of benzene rings is 2. The molecule has 20 heavy (non-hydrogen) atoms. The molecule has 2 aromatic carbocycles. The summed E-state index contributed by atoms with van der Waals surface area (Å²) < 4.78 is 5.01. The first-order valence-electron chi connectivity index (χ1n) is 6.49. The summed E-state index contributed by atoms with van der Waals surface area (Å²) in [4.78, 5) is 0. The van der Waals surface area contributed by atoms with Gasteiger partial charge in [-0.3, -0.25) is 0 Å². The number of aromatic hydroxyl groups is 1. The zero-order valence-electron chi connectivity index (χ0n) is 11.4. The predicted molar refractivity (Wildman–Crippen MR) is 77.8 cm³/mol. The van der Waals surface area contributed by atoms with Gasteiger partial charge in [0.05, 0.1) is 19.8 Å². The minimum absolute atomic E-state index is 0.0200. The highest BCUT2D eigenvalue weighted by molar-refractivity contribution is 5.41. The molecule has 1 unspecified atom stereocenters. The summed E-state index contributed by atoms with van der Waals surface area (Å²) in [6.45, 7) is 0.573. The summed E-state index contributed by atoms with van der Waals surface area (Å²) >= 11 is 0. The summed E-state index contributed by atoms with van der Waals surface area (Å²) in [5.41, 5.74) is 1.96. The molecule has 0 bridgehead atoms. The second-order valence-corrected chi connectivity index (χ2v) is 4.53. The van der Waals surface area contributed by atoms with Crippen LogP contribution in [0.2, 0.25) is 0 Å². The van der Waals surface area contributed by atoms with E-state index in [-0.39, 0.29) is 18.4 Å². The SMILES string of the molecule is COc1ccc(CNC(CO)c2ccccc2)cc1O. The highest BCUT2D eigenvalue weighted by Gasteiger charge is 2.09. The van der Waals surface area contributed by atoms with E-state index in [1.54, 1.807) is 12.1 Å². The van der Waals surface area contributed by atoms with Gasteiger partial charge in [-0.2, -0.15) is 0 Å². The molecule has 0 radical (unpaired) electrons. The van der Waals surface area contributed by atoms with Crippen molar-refractivity contribution in [1.29, 1.82) is 0 Å². The molecular formula is C16H19NO3. The Labute approximate surface area is 118 Å². The van der Waals surface area contributed by atoms with Crippen molar-refractivity contribution >= 4 is 0 Å². The van der Waals surface area contributed by atoms with E-state index in [0.717, 1.165) is 11.1 Å². The van der Waals surface area contributed by atoms with Gasteiger partial charge in [0.25, 0.3) is 0 Å². The van der Waals surface area contributed by atoms with Crippen LogP contribution in [0.1, 0.15) is 17.2 Å². The van der Waals surface area contributed by atoms with Crippen LogP contribution >= 0.6 is 0 Å². The van der Waals surface area contributed by atoms with Crippen molar-refractivity contribution in [2.24, 2.45) is 0 Å². The van der Waals surface area contributed by atoms with Gasteiger partial charge in [-0.1, -0.05) is 36.4 Å². The van der Waals surface area contributed by atoms with Gasteiger partial charge < -0.3 is 20.3 Å². The summed E-state index contributed by atoms with van der Waals surface area (Å²) in [7, 11) is 1.52. The Morgan fingerprint density at radius 2 is 1.90 bits per heavy atom. The molecule has 4 heteroatoms. The lowest BCUT2D eigenvalue weighted by molar-refractivity contribution is 0.243. The third-order valence-corrected chi connectivity index (χ3v) is 3.18. The Balaban J connectivity index is 2.02. The largest absolute Gasteiger partial charge is 0.504 e. The van der Waals surface area contributed by atoms with Crippen LogP contribution in [0.3, 0.4) is 0 Å². The van der Waals surface area contributed by atoms with E-state index in [2.05, 4.69) is 5.32 Å². The summed E-state index contributed by atoms with van der Waals surface area (Å²) in [6, 6.07) is 14.9. The normalized spacial score (nSPS) is 12.1. The third kappa shape index (κ3) is 3.50. The lowest BCUT2D eigenvalue weighted by Crippen LogP contribution is -2.23. The molecule has 0 heterocycles. The van der Waals surface area contributed by atoms with Crippen LogP contribution in [0.15, 0.2) is 48.5 Å². The molecule has 2 aromatic rings. The van der Waals surface area contributed by atoms with Gasteiger partial charge in [0, 0.05) is 6.54 Å². The fourth-order valence-corrected chi connectivity index (χ4v) is 2.06. The number of aliphatic hydroxyl groups is 1. The molecule has 0 aromatic heterocycles. The maximum atomic E-state index is 9.73. The van der Waals surface area contributed by atoms with Gasteiger partial charge in [-0.15, -0.1) is 0 Å². The Morgan fingerprint density at radius 1 is 1.15 bits per heavy atom. The zero-order chi connectivity index (χ0) is 14.4. The van der Waals surface area contributed by atoms with Crippen molar-refractivity contribution in [1.82, 2.24) is 5.32 Å². The molecule has 1 atom stereocenters. The number of nitrogens with one attached hydrogen (secondary N) is 1. The zero-order valence-corrected chi connectivity index (χ0v) is 11.4. The standard InChI is InChI=1S/C16H19NO3/c1-20-16-8-7-12(9-15(16)19)10-17-14(11-18)13-5-3-2-4-6-13/h2-9,14,17-19H,10-11H2,1H3. The number of hydrogen-bond donors (Lipinski definition) is 3. The molecule has 0 aliphatic carbocycles. The minimum Gasteiger partial charge on any atom is -0.504 e. The van der Waals surface area contributed by atoms with Crippen LogP contribution < -0.4 is 10.1 Å². The molecule has 0 aliphatic rings. The number of ether oxygens (including phenoxy) is 1. The van der Waals surface area contributed by atoms with E-state index in [0.29, 0.717) is 12.3 Å². The number of phenols is 1. The van der Waals surface area contributed by atoms with E-state index < -0.39 is 0 Å². The molecule has 0 fully saturated rings. The Hall–Kier alpha value is -2.04. The van der Waals surface area contributed by atoms with Crippen molar-refractivity contribution in [3.63, 3.8) is 0 Å². The molecule has 0 amide bonds. The molecule has 0 saturated carbocycles. The Kier molecular flexibility index (Phi) is 4.98. The lowest BCUT2D eigenvalue weighted by Gasteiger charge is -2.17. The predicted octanol–water partition coefficient (Wildman–Crippen LogP) is 2.22. The van der Waals surface area contributed by atoms with Gasteiger partial charge in [-0.05, 0) is 23.3 Å². The van der Waals surface area contributed by atoms with Crippen molar-refractivity contribution in [2.45, 2.75) is 12.6 Å². The molecule has 3 N–H and O–H groups in total. The van der Waals surface area contributed by atoms with Gasteiger partial charge >= 0.3 is 0 Å². The Bertz CT molecular complexity index is 543. The van der Waals surface area contributed by atoms with E-state index in [4.69, 9.17) is 4.74 Å². The molecule has 0 spiro atoms. The van der Waals surface area contributed by atoms with E-state index in [1.807, 2.05) is 36.4 Å². The summed E-state index contributed by atoms with van der Waals surface area (Å²) in [5.74, 6) is 0.572. The van der Waals surface area contributed by atoms with Crippen molar-refractivity contribution < 1.29 is 14.9 Å². The highest BCUT2D eigenvalue weighted by atomic mass is 16.5. The van der Waals surface area contributed by atoms with E-state index >= 15 is 0 Å². The van der Waals surface area contributed by atoms with Crippen LogP contribution in [-0.4, -0.2) is 23.9 Å². The van der Waals surface area contributed by atoms with Crippen LogP contribution in [-0.2, 0) is 6.54 Å². The molecular weight excluding hydrogens is 254 g/mol. The molecule has 4 nitrogen and oxygen atoms in total. The first-order chi connectivity index (χ1) is 9.74. The smallest absolute Gasteiger partial charge is 0.160 e. The highest BCUT2D eigenvalue weighted by Crippen LogP contribution is 2.26. The lowest BCUT2D eigenvalue weighted by atomic mass is 10.1. The number of phenolic OH excluding ortho intramolecular Hbond substituents is 1. The van der Waals surface area contributed by atoms with Crippen LogP contribution in [0.5, 0.6) is 11.5 Å². The second kappa shape index (κ2) is 6.93. The van der Waals surface area contributed by atoms with Crippen molar-refractivity contribution in [2.75, 3.05) is 13.7 Å². The minimum atomic E-state index is -0.125. The first kappa shape index (κ1) is 14.4. The fourth-order valence-electron chi connectivity index (χ4n) is 2.06. The average molecular weight is 273 g/mol. The second-order valence-electron chi connectivity index (χ2n) is 4.53. The van der Waals surface area contributed by atoms with E-state index in [9.17, 15) is 10.2 Å². The number of methoxy groups -OCH3 is 1.